The molecule has 0 amide bonds. The van der Waals surface area contributed by atoms with E-state index in [2.05, 4.69) is 60.5 Å². The van der Waals surface area contributed by atoms with Crippen molar-refractivity contribution < 1.29 is 0 Å². The Hall–Kier alpha value is -2.98. The Morgan fingerprint density at radius 3 is 2.00 bits per heavy atom. The molecule has 0 radical (unpaired) electrons. The van der Waals surface area contributed by atoms with E-state index in [4.69, 9.17) is 0 Å². The van der Waals surface area contributed by atoms with Gasteiger partial charge in [0.25, 0.3) is 0 Å². The van der Waals surface area contributed by atoms with E-state index >= 15 is 0 Å². The van der Waals surface area contributed by atoms with Gasteiger partial charge in [0.1, 0.15) is 6.04 Å². The molecule has 0 bridgehead atoms. The molecule has 0 heterocycles. The van der Waals surface area contributed by atoms with Gasteiger partial charge in [-0.05, 0) is 36.8 Å². The third-order valence-corrected chi connectivity index (χ3v) is 3.63. The van der Waals surface area contributed by atoms with Gasteiger partial charge in [0.2, 0.25) is 0 Å². The summed E-state index contributed by atoms with van der Waals surface area (Å²) in [6.07, 6.45) is 0. The normalized spacial score (nSPS) is 11.2. The second-order valence-corrected chi connectivity index (χ2v) is 5.49. The molecule has 0 saturated carbocycles. The number of aryl methyl sites for hydroxylation is 1. The van der Waals surface area contributed by atoms with Gasteiger partial charge in [-0.15, -0.1) is 0 Å². The van der Waals surface area contributed by atoms with Crippen LogP contribution in [-0.4, -0.2) is 0 Å². The molecule has 1 N–H and O–H groups in total. The van der Waals surface area contributed by atoms with Crippen molar-refractivity contribution in [3.8, 4) is 11.8 Å². The summed E-state index contributed by atoms with van der Waals surface area (Å²) in [4.78, 5) is 0. The molecule has 0 saturated heterocycles. The summed E-state index contributed by atoms with van der Waals surface area (Å²) in [5.41, 5.74) is 4.52. The predicted octanol–water partition coefficient (Wildman–Crippen LogP) is 5.20. The van der Waals surface area contributed by atoms with E-state index in [1.807, 2.05) is 48.5 Å². The molecule has 1 nitrogen and oxygen atoms in total. The van der Waals surface area contributed by atoms with Gasteiger partial charge in [-0.2, -0.15) is 0 Å². The van der Waals surface area contributed by atoms with Crippen LogP contribution in [0.4, 0.5) is 5.69 Å². The first-order chi connectivity index (χ1) is 11.3. The average Bonchev–Trinajstić information content (AvgIpc) is 2.62. The van der Waals surface area contributed by atoms with Gasteiger partial charge in [0.05, 0.1) is 0 Å². The summed E-state index contributed by atoms with van der Waals surface area (Å²) in [5, 5.41) is 3.52. The molecule has 1 atom stereocenters. The molecule has 112 valence electrons. The second kappa shape index (κ2) is 7.33. The Morgan fingerprint density at radius 2 is 1.35 bits per heavy atom. The molecule has 1 heteroatoms. The Kier molecular flexibility index (Phi) is 4.76. The molecular weight excluding hydrogens is 278 g/mol. The SMILES string of the molecule is Cc1ccc(N[C@@H](C#Cc2ccccc2)c2ccccc2)cc1. The molecule has 23 heavy (non-hydrogen) atoms. The maximum Gasteiger partial charge on any atom is 0.114 e. The van der Waals surface area contributed by atoms with Crippen LogP contribution in [0.2, 0.25) is 0 Å². The van der Waals surface area contributed by atoms with Crippen LogP contribution in [0.25, 0.3) is 0 Å². The zero-order chi connectivity index (χ0) is 15.9. The minimum atomic E-state index is -0.0425. The van der Waals surface area contributed by atoms with Crippen LogP contribution in [0.1, 0.15) is 22.7 Å². The zero-order valence-electron chi connectivity index (χ0n) is 13.2. The lowest BCUT2D eigenvalue weighted by atomic mass is 10.1. The standard InChI is InChI=1S/C22H19N/c1-18-12-15-21(16-13-18)23-22(20-10-6-3-7-11-20)17-14-19-8-4-2-5-9-19/h2-13,15-16,22-23H,1H3/t22-/m0/s1. The van der Waals surface area contributed by atoms with Crippen molar-refractivity contribution in [3.05, 3.63) is 102 Å². The highest BCUT2D eigenvalue weighted by Crippen LogP contribution is 2.19. The van der Waals surface area contributed by atoms with Crippen LogP contribution in [-0.2, 0) is 0 Å². The van der Waals surface area contributed by atoms with Crippen LogP contribution in [0.3, 0.4) is 0 Å². The minimum absolute atomic E-state index is 0.0425. The maximum atomic E-state index is 3.52. The molecule has 3 aromatic carbocycles. The average molecular weight is 297 g/mol. The van der Waals surface area contributed by atoms with Crippen LogP contribution in [0.5, 0.6) is 0 Å². The number of benzene rings is 3. The van der Waals surface area contributed by atoms with Crippen LogP contribution >= 0.6 is 0 Å². The molecule has 0 unspecified atom stereocenters. The van der Waals surface area contributed by atoms with Crippen LogP contribution in [0.15, 0.2) is 84.9 Å². The molecule has 0 aliphatic carbocycles. The highest BCUT2D eigenvalue weighted by molar-refractivity contribution is 5.50. The van der Waals surface area contributed by atoms with Crippen molar-refractivity contribution in [2.24, 2.45) is 0 Å². The van der Waals surface area contributed by atoms with E-state index in [1.54, 1.807) is 0 Å². The first-order valence-corrected chi connectivity index (χ1v) is 7.76. The maximum absolute atomic E-state index is 3.52. The summed E-state index contributed by atoms with van der Waals surface area (Å²) < 4.78 is 0. The fraction of sp³-hybridized carbons (Fsp3) is 0.0909. The van der Waals surface area contributed by atoms with Crippen molar-refractivity contribution in [2.75, 3.05) is 5.32 Å². The van der Waals surface area contributed by atoms with Crippen molar-refractivity contribution in [1.82, 2.24) is 0 Å². The van der Waals surface area contributed by atoms with Gasteiger partial charge < -0.3 is 5.32 Å². The summed E-state index contributed by atoms with van der Waals surface area (Å²) in [6, 6.07) is 28.8. The highest BCUT2D eigenvalue weighted by atomic mass is 14.9. The molecule has 0 aromatic heterocycles. The van der Waals surface area contributed by atoms with E-state index in [1.165, 1.54) is 5.56 Å². The molecule has 0 aliphatic heterocycles. The van der Waals surface area contributed by atoms with Gasteiger partial charge in [-0.3, -0.25) is 0 Å². The van der Waals surface area contributed by atoms with Crippen molar-refractivity contribution in [3.63, 3.8) is 0 Å². The number of rotatable bonds is 3. The smallest absolute Gasteiger partial charge is 0.114 e. The minimum Gasteiger partial charge on any atom is -0.368 e. The number of nitrogens with one attached hydrogen (secondary N) is 1. The van der Waals surface area contributed by atoms with E-state index in [9.17, 15) is 0 Å². The molecule has 0 fully saturated rings. The van der Waals surface area contributed by atoms with Gasteiger partial charge in [0, 0.05) is 11.3 Å². The zero-order valence-corrected chi connectivity index (χ0v) is 13.2. The number of hydrogen-bond donors (Lipinski definition) is 1. The Balaban J connectivity index is 1.88. The van der Waals surface area contributed by atoms with Gasteiger partial charge in [-0.1, -0.05) is 78.1 Å². The molecule has 0 spiro atoms. The number of hydrogen-bond acceptors (Lipinski definition) is 1. The molecule has 3 rings (SSSR count). The van der Waals surface area contributed by atoms with Crippen molar-refractivity contribution in [1.29, 1.82) is 0 Å². The summed E-state index contributed by atoms with van der Waals surface area (Å²) in [7, 11) is 0. The van der Waals surface area contributed by atoms with Crippen molar-refractivity contribution >= 4 is 5.69 Å². The molecular formula is C22H19N. The van der Waals surface area contributed by atoms with Gasteiger partial charge in [0.15, 0.2) is 0 Å². The van der Waals surface area contributed by atoms with Gasteiger partial charge >= 0.3 is 0 Å². The van der Waals surface area contributed by atoms with Crippen molar-refractivity contribution in [2.45, 2.75) is 13.0 Å². The first kappa shape index (κ1) is 14.9. The summed E-state index contributed by atoms with van der Waals surface area (Å²) in [6.45, 7) is 2.09. The largest absolute Gasteiger partial charge is 0.368 e. The van der Waals surface area contributed by atoms with E-state index < -0.39 is 0 Å². The molecule has 0 aliphatic rings. The fourth-order valence-electron chi connectivity index (χ4n) is 2.34. The first-order valence-electron chi connectivity index (χ1n) is 7.76. The topological polar surface area (TPSA) is 12.0 Å². The summed E-state index contributed by atoms with van der Waals surface area (Å²) in [5.74, 6) is 6.62. The molecule has 3 aromatic rings. The lowest BCUT2D eigenvalue weighted by Gasteiger charge is -2.15. The van der Waals surface area contributed by atoms with Crippen LogP contribution < -0.4 is 5.32 Å². The van der Waals surface area contributed by atoms with E-state index in [0.717, 1.165) is 16.8 Å². The lowest BCUT2D eigenvalue weighted by Crippen LogP contribution is -2.08. The Bertz CT molecular complexity index is 793. The second-order valence-electron chi connectivity index (χ2n) is 5.49. The van der Waals surface area contributed by atoms with Gasteiger partial charge in [-0.25, -0.2) is 0 Å². The number of anilines is 1. The van der Waals surface area contributed by atoms with E-state index in [0.29, 0.717) is 0 Å². The third kappa shape index (κ3) is 4.25. The quantitative estimate of drug-likeness (QED) is 0.655. The summed E-state index contributed by atoms with van der Waals surface area (Å²) >= 11 is 0. The monoisotopic (exact) mass is 297 g/mol. The fourth-order valence-corrected chi connectivity index (χ4v) is 2.34. The Labute approximate surface area is 138 Å². The van der Waals surface area contributed by atoms with E-state index in [-0.39, 0.29) is 6.04 Å². The predicted molar refractivity (Wildman–Crippen MR) is 97.3 cm³/mol. The Morgan fingerprint density at radius 1 is 0.739 bits per heavy atom. The van der Waals surface area contributed by atoms with Crippen LogP contribution in [0, 0.1) is 18.8 Å². The third-order valence-electron chi connectivity index (χ3n) is 3.63. The highest BCUT2D eigenvalue weighted by Gasteiger charge is 2.07. The lowest BCUT2D eigenvalue weighted by molar-refractivity contribution is 1.02.